The SMILES string of the molecule is CCCNCC1CCCN(c2ccc3nccnc3n2)C1. The third-order valence-corrected chi connectivity index (χ3v) is 4.02. The molecule has 0 saturated carbocycles. The summed E-state index contributed by atoms with van der Waals surface area (Å²) in [6, 6.07) is 4.09. The number of nitrogens with zero attached hydrogens (tertiary/aromatic N) is 4. The molecule has 1 unspecified atom stereocenters. The van der Waals surface area contributed by atoms with Crippen LogP contribution in [0.5, 0.6) is 0 Å². The number of hydrogen-bond acceptors (Lipinski definition) is 5. The van der Waals surface area contributed by atoms with Crippen molar-refractivity contribution in [3.8, 4) is 0 Å². The monoisotopic (exact) mass is 285 g/mol. The Bertz CT molecular complexity index is 586. The van der Waals surface area contributed by atoms with E-state index in [0.29, 0.717) is 5.92 Å². The van der Waals surface area contributed by atoms with Crippen LogP contribution in [0, 0.1) is 5.92 Å². The molecule has 1 aliphatic rings. The first-order chi connectivity index (χ1) is 10.4. The second kappa shape index (κ2) is 6.80. The van der Waals surface area contributed by atoms with Crippen molar-refractivity contribution in [1.82, 2.24) is 20.3 Å². The number of rotatable bonds is 5. The first-order valence-corrected chi connectivity index (χ1v) is 7.90. The van der Waals surface area contributed by atoms with Gasteiger partial charge in [0.1, 0.15) is 11.3 Å². The summed E-state index contributed by atoms with van der Waals surface area (Å²) in [6.45, 7) is 6.59. The predicted molar refractivity (Wildman–Crippen MR) is 85.4 cm³/mol. The van der Waals surface area contributed by atoms with E-state index >= 15 is 0 Å². The Hall–Kier alpha value is -1.75. The molecule has 0 aliphatic carbocycles. The highest BCUT2D eigenvalue weighted by molar-refractivity contribution is 5.71. The van der Waals surface area contributed by atoms with Crippen molar-refractivity contribution in [2.75, 3.05) is 31.1 Å². The Kier molecular flexibility index (Phi) is 4.60. The van der Waals surface area contributed by atoms with Crippen LogP contribution in [0.4, 0.5) is 5.82 Å². The highest BCUT2D eigenvalue weighted by atomic mass is 15.2. The standard InChI is InChI=1S/C16H23N5/c1-2-7-17-11-13-4-3-10-21(12-13)15-6-5-14-16(20-15)19-9-8-18-14/h5-6,8-9,13,17H,2-4,7,10-12H2,1H3. The fourth-order valence-corrected chi connectivity index (χ4v) is 2.94. The van der Waals surface area contributed by atoms with Crippen LogP contribution < -0.4 is 10.2 Å². The number of nitrogens with one attached hydrogen (secondary N) is 1. The van der Waals surface area contributed by atoms with Gasteiger partial charge in [-0.2, -0.15) is 0 Å². The van der Waals surface area contributed by atoms with Gasteiger partial charge in [0.25, 0.3) is 0 Å². The number of pyridine rings is 1. The summed E-state index contributed by atoms with van der Waals surface area (Å²) in [6.07, 6.45) is 7.15. The zero-order valence-electron chi connectivity index (χ0n) is 12.6. The van der Waals surface area contributed by atoms with Gasteiger partial charge in [-0.05, 0) is 50.4 Å². The highest BCUT2D eigenvalue weighted by Gasteiger charge is 2.20. The highest BCUT2D eigenvalue weighted by Crippen LogP contribution is 2.22. The van der Waals surface area contributed by atoms with E-state index < -0.39 is 0 Å². The van der Waals surface area contributed by atoms with Gasteiger partial charge in [0, 0.05) is 25.5 Å². The molecular formula is C16H23N5. The average Bonchev–Trinajstić information content (AvgIpc) is 2.55. The minimum absolute atomic E-state index is 0.713. The van der Waals surface area contributed by atoms with Crippen LogP contribution in [-0.4, -0.2) is 41.1 Å². The Balaban J connectivity index is 1.69. The third kappa shape index (κ3) is 3.47. The van der Waals surface area contributed by atoms with E-state index in [4.69, 9.17) is 0 Å². The maximum absolute atomic E-state index is 4.66. The van der Waals surface area contributed by atoms with Crippen LogP contribution in [-0.2, 0) is 0 Å². The molecular weight excluding hydrogens is 262 g/mol. The molecule has 0 spiro atoms. The first-order valence-electron chi connectivity index (χ1n) is 7.90. The fourth-order valence-electron chi connectivity index (χ4n) is 2.94. The van der Waals surface area contributed by atoms with E-state index in [0.717, 1.165) is 43.2 Å². The fraction of sp³-hybridized carbons (Fsp3) is 0.562. The van der Waals surface area contributed by atoms with Crippen molar-refractivity contribution in [2.45, 2.75) is 26.2 Å². The summed E-state index contributed by atoms with van der Waals surface area (Å²) in [5.41, 5.74) is 1.60. The molecule has 0 radical (unpaired) electrons. The lowest BCUT2D eigenvalue weighted by Gasteiger charge is -2.33. The number of fused-ring (bicyclic) bond motifs is 1. The Morgan fingerprint density at radius 1 is 1.29 bits per heavy atom. The van der Waals surface area contributed by atoms with Gasteiger partial charge < -0.3 is 10.2 Å². The summed E-state index contributed by atoms with van der Waals surface area (Å²) in [5.74, 6) is 1.74. The van der Waals surface area contributed by atoms with Gasteiger partial charge in [-0.15, -0.1) is 0 Å². The Morgan fingerprint density at radius 2 is 2.19 bits per heavy atom. The normalized spacial score (nSPS) is 19.1. The second-order valence-corrected chi connectivity index (χ2v) is 5.73. The summed E-state index contributed by atoms with van der Waals surface area (Å²) >= 11 is 0. The summed E-state index contributed by atoms with van der Waals surface area (Å²) < 4.78 is 0. The maximum atomic E-state index is 4.66. The molecule has 1 fully saturated rings. The smallest absolute Gasteiger partial charge is 0.180 e. The van der Waals surface area contributed by atoms with Gasteiger partial charge in [0.15, 0.2) is 5.65 Å². The Labute approximate surface area is 125 Å². The van der Waals surface area contributed by atoms with Crippen molar-refractivity contribution in [3.05, 3.63) is 24.5 Å². The van der Waals surface area contributed by atoms with Gasteiger partial charge in [0.2, 0.25) is 0 Å². The minimum atomic E-state index is 0.713. The van der Waals surface area contributed by atoms with Crippen LogP contribution in [0.3, 0.4) is 0 Å². The molecule has 1 saturated heterocycles. The van der Waals surface area contributed by atoms with E-state index in [1.165, 1.54) is 19.3 Å². The molecule has 2 aromatic rings. The number of piperidine rings is 1. The summed E-state index contributed by atoms with van der Waals surface area (Å²) in [4.78, 5) is 15.6. The second-order valence-electron chi connectivity index (χ2n) is 5.73. The van der Waals surface area contributed by atoms with Gasteiger partial charge >= 0.3 is 0 Å². The Morgan fingerprint density at radius 3 is 3.10 bits per heavy atom. The summed E-state index contributed by atoms with van der Waals surface area (Å²) in [5, 5.41) is 3.54. The molecule has 3 heterocycles. The summed E-state index contributed by atoms with van der Waals surface area (Å²) in [7, 11) is 0. The average molecular weight is 285 g/mol. The molecule has 0 bridgehead atoms. The molecule has 2 aromatic heterocycles. The topological polar surface area (TPSA) is 53.9 Å². The van der Waals surface area contributed by atoms with Crippen LogP contribution in [0.2, 0.25) is 0 Å². The van der Waals surface area contributed by atoms with E-state index in [1.807, 2.05) is 6.07 Å². The van der Waals surface area contributed by atoms with E-state index in [9.17, 15) is 0 Å². The van der Waals surface area contributed by atoms with E-state index in [1.54, 1.807) is 12.4 Å². The molecule has 112 valence electrons. The molecule has 5 heteroatoms. The maximum Gasteiger partial charge on any atom is 0.180 e. The van der Waals surface area contributed by atoms with Crippen molar-refractivity contribution in [1.29, 1.82) is 0 Å². The predicted octanol–water partition coefficient (Wildman–Crippen LogP) is 2.24. The van der Waals surface area contributed by atoms with Crippen LogP contribution in [0.15, 0.2) is 24.5 Å². The lowest BCUT2D eigenvalue weighted by atomic mass is 9.98. The molecule has 1 N–H and O–H groups in total. The quantitative estimate of drug-likeness (QED) is 0.854. The molecule has 1 aliphatic heterocycles. The lowest BCUT2D eigenvalue weighted by Crippen LogP contribution is -2.40. The molecule has 0 aromatic carbocycles. The van der Waals surface area contributed by atoms with Crippen molar-refractivity contribution < 1.29 is 0 Å². The van der Waals surface area contributed by atoms with Gasteiger partial charge in [-0.25, -0.2) is 9.97 Å². The van der Waals surface area contributed by atoms with Gasteiger partial charge in [0.05, 0.1) is 0 Å². The number of aromatic nitrogens is 3. The van der Waals surface area contributed by atoms with Crippen molar-refractivity contribution >= 4 is 17.0 Å². The first kappa shape index (κ1) is 14.2. The molecule has 1 atom stereocenters. The van der Waals surface area contributed by atoms with Gasteiger partial charge in [-0.1, -0.05) is 6.92 Å². The zero-order valence-corrected chi connectivity index (χ0v) is 12.6. The van der Waals surface area contributed by atoms with Crippen molar-refractivity contribution in [3.63, 3.8) is 0 Å². The van der Waals surface area contributed by atoms with E-state index in [-0.39, 0.29) is 0 Å². The largest absolute Gasteiger partial charge is 0.356 e. The third-order valence-electron chi connectivity index (χ3n) is 4.02. The molecule has 0 amide bonds. The van der Waals surface area contributed by atoms with E-state index in [2.05, 4.69) is 38.2 Å². The van der Waals surface area contributed by atoms with Crippen LogP contribution >= 0.6 is 0 Å². The van der Waals surface area contributed by atoms with Crippen LogP contribution in [0.25, 0.3) is 11.2 Å². The lowest BCUT2D eigenvalue weighted by molar-refractivity contribution is 0.391. The number of anilines is 1. The van der Waals surface area contributed by atoms with Crippen molar-refractivity contribution in [2.24, 2.45) is 5.92 Å². The zero-order chi connectivity index (χ0) is 14.5. The van der Waals surface area contributed by atoms with Crippen LogP contribution in [0.1, 0.15) is 26.2 Å². The molecule has 5 nitrogen and oxygen atoms in total. The van der Waals surface area contributed by atoms with Gasteiger partial charge in [-0.3, -0.25) is 4.98 Å². The molecule has 21 heavy (non-hydrogen) atoms. The minimum Gasteiger partial charge on any atom is -0.356 e. The molecule has 3 rings (SSSR count). The number of hydrogen-bond donors (Lipinski definition) is 1.